The first-order chi connectivity index (χ1) is 27.8. The maximum atomic E-state index is 2.52. The number of benzene rings is 9. The van der Waals surface area contributed by atoms with Gasteiger partial charge in [-0.2, -0.15) is 0 Å². The Morgan fingerprint density at radius 2 is 0.596 bits per heavy atom. The van der Waals surface area contributed by atoms with E-state index >= 15 is 0 Å². The van der Waals surface area contributed by atoms with Crippen molar-refractivity contribution in [2.24, 2.45) is 0 Å². The molecule has 0 spiro atoms. The minimum atomic E-state index is 0.0450. The van der Waals surface area contributed by atoms with Gasteiger partial charge in [0, 0.05) is 11.8 Å². The van der Waals surface area contributed by atoms with E-state index < -0.39 is 0 Å². The van der Waals surface area contributed by atoms with Gasteiger partial charge in [-0.3, -0.25) is 0 Å². The maximum Gasteiger partial charge on any atom is 0.0346 e. The smallest absolute Gasteiger partial charge is 0.0346 e. The van der Waals surface area contributed by atoms with Crippen molar-refractivity contribution in [3.63, 3.8) is 0 Å². The molecule has 0 aliphatic heterocycles. The number of fused-ring (bicyclic) bond motifs is 5. The highest BCUT2D eigenvalue weighted by molar-refractivity contribution is 6.19. The average Bonchev–Trinajstić information content (AvgIpc) is 3.25. The number of hydrogen-bond donors (Lipinski definition) is 0. The van der Waals surface area contributed by atoms with Crippen LogP contribution in [0.3, 0.4) is 0 Å². The molecule has 0 bridgehead atoms. The highest BCUT2D eigenvalue weighted by Gasteiger charge is 2.25. The van der Waals surface area contributed by atoms with Crippen molar-refractivity contribution < 1.29 is 0 Å². The lowest BCUT2D eigenvalue weighted by molar-refractivity contribution is 0.863. The fraction of sp³-hybridized carbons (Fsp3) is 0.158. The van der Waals surface area contributed by atoms with Crippen molar-refractivity contribution in [3.05, 3.63) is 238 Å². The lowest BCUT2D eigenvalue weighted by Crippen LogP contribution is -2.07. The Morgan fingerprint density at radius 1 is 0.281 bits per heavy atom. The van der Waals surface area contributed by atoms with E-state index in [1.807, 2.05) is 0 Å². The lowest BCUT2D eigenvalue weighted by Gasteiger charge is -2.25. The van der Waals surface area contributed by atoms with Crippen LogP contribution in [0.4, 0.5) is 0 Å². The molecule has 0 nitrogen and oxygen atoms in total. The standard InChI is InChI=1S/C57H50/c1-37(2)40-23-29-45(30-24-40)56(44-21-19-39(5)20-22-44)54-35-52-49-16-10-12-18-51(49)55(36-53(52)48-15-9-11-17-50(48)54)57(46-31-25-41(26-32-46)38(3)4)47-33-27-43(28-34-47)42-13-7-6-8-14-42/h6-38,56-57H,1-5H3. The summed E-state index contributed by atoms with van der Waals surface area (Å²) in [5, 5.41) is 7.78. The molecule has 9 rings (SSSR count). The van der Waals surface area contributed by atoms with E-state index in [0.717, 1.165) is 0 Å². The normalized spacial score (nSPS) is 12.8. The Labute approximate surface area is 338 Å². The molecule has 9 aromatic rings. The summed E-state index contributed by atoms with van der Waals surface area (Å²) in [5.74, 6) is 1.08. The monoisotopic (exact) mass is 734 g/mol. The van der Waals surface area contributed by atoms with Gasteiger partial charge in [-0.1, -0.05) is 209 Å². The van der Waals surface area contributed by atoms with Crippen LogP contribution in [-0.2, 0) is 0 Å². The molecule has 2 atom stereocenters. The lowest BCUT2D eigenvalue weighted by atomic mass is 9.78. The first-order valence-corrected chi connectivity index (χ1v) is 20.6. The molecule has 0 N–H and O–H groups in total. The second-order valence-corrected chi connectivity index (χ2v) is 16.5. The Hall–Kier alpha value is -6.24. The van der Waals surface area contributed by atoms with E-state index in [-0.39, 0.29) is 11.8 Å². The average molecular weight is 735 g/mol. The third-order valence-corrected chi connectivity index (χ3v) is 12.2. The minimum Gasteiger partial charge on any atom is -0.0622 e. The van der Waals surface area contributed by atoms with Gasteiger partial charge in [0.2, 0.25) is 0 Å². The van der Waals surface area contributed by atoms with Gasteiger partial charge in [-0.05, 0) is 119 Å². The van der Waals surface area contributed by atoms with Gasteiger partial charge in [0.25, 0.3) is 0 Å². The first-order valence-electron chi connectivity index (χ1n) is 20.6. The molecular weight excluding hydrogens is 685 g/mol. The zero-order chi connectivity index (χ0) is 39.0. The van der Waals surface area contributed by atoms with Crippen molar-refractivity contribution in [2.45, 2.75) is 58.3 Å². The van der Waals surface area contributed by atoms with Gasteiger partial charge < -0.3 is 0 Å². The first kappa shape index (κ1) is 36.4. The summed E-state index contributed by atoms with van der Waals surface area (Å²) in [5.41, 5.74) is 14.4. The van der Waals surface area contributed by atoms with Gasteiger partial charge in [-0.15, -0.1) is 0 Å². The molecule has 0 heterocycles. The zero-order valence-corrected chi connectivity index (χ0v) is 33.7. The quantitative estimate of drug-likeness (QED) is 0.102. The maximum absolute atomic E-state index is 2.52. The van der Waals surface area contributed by atoms with Gasteiger partial charge in [0.1, 0.15) is 0 Å². The largest absolute Gasteiger partial charge is 0.0622 e. The van der Waals surface area contributed by atoms with E-state index in [2.05, 4.69) is 223 Å². The molecule has 0 radical (unpaired) electrons. The molecule has 0 heteroatoms. The summed E-state index contributed by atoms with van der Waals surface area (Å²) < 4.78 is 0. The Balaban J connectivity index is 1.30. The SMILES string of the molecule is Cc1ccc(C(c2ccc(C(C)C)cc2)c2cc3c4ccccc4c(C(c4ccc(-c5ccccc5)cc4)c4ccc(C(C)C)cc4)cc3c3ccccc23)cc1. The summed E-state index contributed by atoms with van der Waals surface area (Å²) in [6.45, 7) is 11.3. The van der Waals surface area contributed by atoms with Crippen molar-refractivity contribution in [1.29, 1.82) is 0 Å². The summed E-state index contributed by atoms with van der Waals surface area (Å²) in [6, 6.07) is 71.2. The third-order valence-electron chi connectivity index (χ3n) is 12.2. The molecule has 0 amide bonds. The van der Waals surface area contributed by atoms with Crippen molar-refractivity contribution in [3.8, 4) is 11.1 Å². The molecule has 0 saturated carbocycles. The molecule has 278 valence electrons. The molecule has 0 aromatic heterocycles. The Bertz CT molecular complexity index is 2800. The van der Waals surface area contributed by atoms with Gasteiger partial charge >= 0.3 is 0 Å². The summed E-state index contributed by atoms with van der Waals surface area (Å²) in [6.07, 6.45) is 0. The third kappa shape index (κ3) is 6.95. The van der Waals surface area contributed by atoms with Gasteiger partial charge in [0.15, 0.2) is 0 Å². The van der Waals surface area contributed by atoms with Crippen LogP contribution in [0.25, 0.3) is 43.4 Å². The predicted molar refractivity (Wildman–Crippen MR) is 245 cm³/mol. The molecule has 9 aromatic carbocycles. The summed E-state index contributed by atoms with van der Waals surface area (Å²) in [4.78, 5) is 0. The summed E-state index contributed by atoms with van der Waals surface area (Å²) >= 11 is 0. The van der Waals surface area contributed by atoms with Crippen LogP contribution < -0.4 is 0 Å². The van der Waals surface area contributed by atoms with E-state index in [1.54, 1.807) is 0 Å². The predicted octanol–water partition coefficient (Wildman–Crippen LogP) is 15.7. The number of rotatable bonds is 9. The van der Waals surface area contributed by atoms with E-state index in [4.69, 9.17) is 0 Å². The van der Waals surface area contributed by atoms with Crippen LogP contribution >= 0.6 is 0 Å². The zero-order valence-electron chi connectivity index (χ0n) is 33.7. The fourth-order valence-electron chi connectivity index (χ4n) is 8.99. The van der Waals surface area contributed by atoms with Crippen molar-refractivity contribution >= 4 is 32.3 Å². The second-order valence-electron chi connectivity index (χ2n) is 16.5. The van der Waals surface area contributed by atoms with Crippen LogP contribution in [-0.4, -0.2) is 0 Å². The van der Waals surface area contributed by atoms with Crippen LogP contribution in [0.15, 0.2) is 188 Å². The molecule has 0 saturated heterocycles. The van der Waals surface area contributed by atoms with Crippen LogP contribution in [0.1, 0.15) is 101 Å². The van der Waals surface area contributed by atoms with Crippen LogP contribution in [0, 0.1) is 6.92 Å². The van der Waals surface area contributed by atoms with Gasteiger partial charge in [0.05, 0.1) is 0 Å². The highest BCUT2D eigenvalue weighted by Crippen LogP contribution is 2.45. The summed E-state index contributed by atoms with van der Waals surface area (Å²) in [7, 11) is 0. The molecule has 2 unspecified atom stereocenters. The molecule has 0 aliphatic rings. The van der Waals surface area contributed by atoms with E-state index in [1.165, 1.54) is 93.5 Å². The second kappa shape index (κ2) is 15.4. The fourth-order valence-corrected chi connectivity index (χ4v) is 8.99. The number of aryl methyl sites for hydroxylation is 1. The molecule has 0 aliphatic carbocycles. The molecular formula is C57H50. The number of hydrogen-bond acceptors (Lipinski definition) is 0. The topological polar surface area (TPSA) is 0 Å². The molecule has 57 heavy (non-hydrogen) atoms. The minimum absolute atomic E-state index is 0.0450. The highest BCUT2D eigenvalue weighted by atomic mass is 14.3. The Morgan fingerprint density at radius 3 is 1.00 bits per heavy atom. The van der Waals surface area contributed by atoms with E-state index in [9.17, 15) is 0 Å². The van der Waals surface area contributed by atoms with Crippen LogP contribution in [0.2, 0.25) is 0 Å². The van der Waals surface area contributed by atoms with Crippen molar-refractivity contribution in [2.75, 3.05) is 0 Å². The molecule has 0 fully saturated rings. The van der Waals surface area contributed by atoms with Crippen molar-refractivity contribution in [1.82, 2.24) is 0 Å². The van der Waals surface area contributed by atoms with E-state index in [0.29, 0.717) is 11.8 Å². The van der Waals surface area contributed by atoms with Gasteiger partial charge in [-0.25, -0.2) is 0 Å². The van der Waals surface area contributed by atoms with Crippen LogP contribution in [0.5, 0.6) is 0 Å². The Kier molecular flexibility index (Phi) is 9.81.